The van der Waals surface area contributed by atoms with Crippen LogP contribution in [0.2, 0.25) is 0 Å². The SMILES string of the molecule is Cc1ccccc1.[C-]#[O+].[C-]#[O+].[C-]#[O+].[W]. The molecule has 72 valence electrons. The van der Waals surface area contributed by atoms with Gasteiger partial charge in [0.2, 0.25) is 0 Å². The second kappa shape index (κ2) is 29.6. The molecule has 1 aromatic carbocycles. The summed E-state index contributed by atoms with van der Waals surface area (Å²) in [6, 6.07) is 10.3. The molecule has 0 saturated heterocycles. The van der Waals surface area contributed by atoms with Gasteiger partial charge in [-0.25, -0.2) is 0 Å². The normalized spacial score (nSPS) is 4.79. The summed E-state index contributed by atoms with van der Waals surface area (Å²) in [5.41, 5.74) is 1.32. The average molecular weight is 360 g/mol. The van der Waals surface area contributed by atoms with Crippen LogP contribution in [0.15, 0.2) is 30.3 Å². The third kappa shape index (κ3) is 22.5. The van der Waals surface area contributed by atoms with Crippen LogP contribution in [0.25, 0.3) is 0 Å². The van der Waals surface area contributed by atoms with Crippen LogP contribution in [0.1, 0.15) is 5.56 Å². The van der Waals surface area contributed by atoms with Crippen molar-refractivity contribution < 1.29 is 35.0 Å². The Morgan fingerprint density at radius 1 is 0.786 bits per heavy atom. The maximum Gasteiger partial charge on any atom is 0 e. The van der Waals surface area contributed by atoms with Crippen molar-refractivity contribution in [3.05, 3.63) is 55.8 Å². The quantitative estimate of drug-likeness (QED) is 0.501. The Kier molecular flexibility index (Phi) is 48.9. The number of benzene rings is 1. The molecule has 0 atom stereocenters. The van der Waals surface area contributed by atoms with E-state index in [0.29, 0.717) is 0 Å². The molecule has 0 fully saturated rings. The zero-order chi connectivity index (χ0) is 11.1. The molecular formula is C10H8O3W. The van der Waals surface area contributed by atoms with E-state index in [4.69, 9.17) is 14.0 Å². The summed E-state index contributed by atoms with van der Waals surface area (Å²) in [4.78, 5) is 0. The topological polar surface area (TPSA) is 59.7 Å². The molecule has 3 nitrogen and oxygen atoms in total. The third-order valence-corrected chi connectivity index (χ3v) is 0.940. The van der Waals surface area contributed by atoms with Gasteiger partial charge in [0, 0.05) is 21.1 Å². The van der Waals surface area contributed by atoms with Crippen LogP contribution in [0.4, 0.5) is 0 Å². The monoisotopic (exact) mass is 360 g/mol. The van der Waals surface area contributed by atoms with Gasteiger partial charge in [-0.2, -0.15) is 0 Å². The van der Waals surface area contributed by atoms with Crippen molar-refractivity contribution in [2.75, 3.05) is 0 Å². The van der Waals surface area contributed by atoms with E-state index in [1.165, 1.54) is 5.56 Å². The Balaban J connectivity index is -0.0000000625. The molecule has 0 heterocycles. The molecule has 0 aromatic heterocycles. The number of rotatable bonds is 0. The van der Waals surface area contributed by atoms with Crippen molar-refractivity contribution in [1.29, 1.82) is 0 Å². The molecule has 0 radical (unpaired) electrons. The summed E-state index contributed by atoms with van der Waals surface area (Å²) < 4.78 is 22.5. The van der Waals surface area contributed by atoms with Crippen LogP contribution in [-0.2, 0) is 35.0 Å². The van der Waals surface area contributed by atoms with Crippen LogP contribution in [0.3, 0.4) is 0 Å². The van der Waals surface area contributed by atoms with E-state index >= 15 is 0 Å². The molecule has 0 unspecified atom stereocenters. The Hall–Kier alpha value is -0.872. The Labute approximate surface area is 97.9 Å². The predicted molar refractivity (Wildman–Crippen MR) is 43.0 cm³/mol. The summed E-state index contributed by atoms with van der Waals surface area (Å²) in [5, 5.41) is 0. The summed E-state index contributed by atoms with van der Waals surface area (Å²) in [7, 11) is 0. The summed E-state index contributed by atoms with van der Waals surface area (Å²) in [6.07, 6.45) is 0. The first-order chi connectivity index (χ1) is 6.39. The van der Waals surface area contributed by atoms with Gasteiger partial charge in [-0.15, -0.1) is 0 Å². The summed E-state index contributed by atoms with van der Waals surface area (Å²) in [5.74, 6) is 0. The number of hydrogen-bond donors (Lipinski definition) is 0. The first kappa shape index (κ1) is 23.2. The molecule has 0 amide bonds. The van der Waals surface area contributed by atoms with Gasteiger partial charge in [-0.3, -0.25) is 0 Å². The van der Waals surface area contributed by atoms with E-state index in [1.54, 1.807) is 0 Å². The maximum absolute atomic E-state index is 7.50. The van der Waals surface area contributed by atoms with Crippen molar-refractivity contribution in [2.24, 2.45) is 0 Å². The van der Waals surface area contributed by atoms with Crippen molar-refractivity contribution in [3.63, 3.8) is 0 Å². The van der Waals surface area contributed by atoms with Crippen molar-refractivity contribution in [3.8, 4) is 0 Å². The molecule has 0 spiro atoms. The maximum atomic E-state index is 7.50. The van der Waals surface area contributed by atoms with Gasteiger partial charge in [0.1, 0.15) is 0 Å². The molecule has 0 N–H and O–H groups in total. The Morgan fingerprint density at radius 3 is 1.21 bits per heavy atom. The minimum absolute atomic E-state index is 0. The van der Waals surface area contributed by atoms with Crippen LogP contribution >= 0.6 is 0 Å². The fourth-order valence-electron chi connectivity index (χ4n) is 0.534. The largest absolute Gasteiger partial charge is 0 e. The molecule has 0 aliphatic rings. The van der Waals surface area contributed by atoms with Crippen molar-refractivity contribution in [1.82, 2.24) is 0 Å². The average Bonchev–Trinajstić information content (AvgIpc) is 2.28. The smallest absolute Gasteiger partial charge is 0 e. The number of hydrogen-bond acceptors (Lipinski definition) is 0. The van der Waals surface area contributed by atoms with E-state index in [1.807, 2.05) is 18.2 Å². The van der Waals surface area contributed by atoms with E-state index in [9.17, 15) is 0 Å². The van der Waals surface area contributed by atoms with Crippen LogP contribution in [0, 0.1) is 26.9 Å². The van der Waals surface area contributed by atoms with Gasteiger partial charge in [0.15, 0.2) is 0 Å². The van der Waals surface area contributed by atoms with Crippen LogP contribution < -0.4 is 0 Å². The molecule has 1 rings (SSSR count). The van der Waals surface area contributed by atoms with Crippen molar-refractivity contribution >= 4 is 0 Å². The molecule has 4 heteroatoms. The fourth-order valence-corrected chi connectivity index (χ4v) is 0.534. The molecule has 0 saturated carbocycles. The fraction of sp³-hybridized carbons (Fsp3) is 0.100. The molecular weight excluding hydrogens is 352 g/mol. The van der Waals surface area contributed by atoms with E-state index in [2.05, 4.69) is 39.0 Å². The molecule has 0 bridgehead atoms. The van der Waals surface area contributed by atoms with Gasteiger partial charge in [-0.05, 0) is 6.92 Å². The second-order valence-electron chi connectivity index (χ2n) is 1.65. The standard InChI is InChI=1S/C7H8.3CO.W/c1-7-5-3-2-4-6-7;3*1-2;/h2-6H,1H3;;;;. The molecule has 0 aliphatic carbocycles. The Bertz CT molecular complexity index is 224. The van der Waals surface area contributed by atoms with E-state index in [0.717, 1.165) is 0 Å². The predicted octanol–water partition coefficient (Wildman–Crippen LogP) is 1.88. The second-order valence-corrected chi connectivity index (χ2v) is 1.65. The summed E-state index contributed by atoms with van der Waals surface area (Å²) >= 11 is 0. The van der Waals surface area contributed by atoms with E-state index in [-0.39, 0.29) is 21.1 Å². The van der Waals surface area contributed by atoms with Gasteiger partial charge < -0.3 is 0 Å². The minimum Gasteiger partial charge on any atom is 0 e. The first-order valence-electron chi connectivity index (χ1n) is 3.02. The van der Waals surface area contributed by atoms with Gasteiger partial charge >= 0.3 is 33.9 Å². The van der Waals surface area contributed by atoms with Crippen LogP contribution in [-0.4, -0.2) is 0 Å². The molecule has 1 aromatic rings. The molecule has 0 aliphatic heterocycles. The van der Waals surface area contributed by atoms with Gasteiger partial charge in [0.25, 0.3) is 0 Å². The molecule has 14 heavy (non-hydrogen) atoms. The zero-order valence-corrected chi connectivity index (χ0v) is 10.5. The Morgan fingerprint density at radius 2 is 1.07 bits per heavy atom. The van der Waals surface area contributed by atoms with Gasteiger partial charge in [0.05, 0.1) is 0 Å². The van der Waals surface area contributed by atoms with Crippen LogP contribution in [0.5, 0.6) is 0 Å². The van der Waals surface area contributed by atoms with E-state index < -0.39 is 0 Å². The van der Waals surface area contributed by atoms with Crippen molar-refractivity contribution in [2.45, 2.75) is 6.92 Å². The first-order valence-corrected chi connectivity index (χ1v) is 3.02. The zero-order valence-electron chi connectivity index (χ0n) is 7.52. The third-order valence-electron chi connectivity index (χ3n) is 0.940. The number of aryl methyl sites for hydroxylation is 1. The summed E-state index contributed by atoms with van der Waals surface area (Å²) in [6.45, 7) is 15.6. The van der Waals surface area contributed by atoms with Gasteiger partial charge in [-0.1, -0.05) is 35.9 Å². The minimum atomic E-state index is 0.